The van der Waals surface area contributed by atoms with Crippen LogP contribution in [0.3, 0.4) is 0 Å². The number of hydrogen-bond acceptors (Lipinski definition) is 4. The van der Waals surface area contributed by atoms with E-state index >= 15 is 0 Å². The molecule has 6 aliphatic rings. The molecule has 0 aromatic heterocycles. The Labute approximate surface area is 169 Å². The van der Waals surface area contributed by atoms with Crippen LogP contribution in [0.1, 0.15) is 44.9 Å². The lowest BCUT2D eigenvalue weighted by Crippen LogP contribution is -2.60. The zero-order valence-corrected chi connectivity index (χ0v) is 18.7. The molecular formula is C18H25IS4. The summed E-state index contributed by atoms with van der Waals surface area (Å²) < 4.78 is 0.970. The maximum atomic E-state index is 2.85. The lowest BCUT2D eigenvalue weighted by molar-refractivity contribution is 0.0293. The van der Waals surface area contributed by atoms with E-state index in [0.717, 1.165) is 60.4 Å². The van der Waals surface area contributed by atoms with Gasteiger partial charge in [-0.3, -0.25) is 0 Å². The van der Waals surface area contributed by atoms with Gasteiger partial charge >= 0.3 is 0 Å². The molecule has 2 heterocycles. The molecule has 0 radical (unpaired) electrons. The molecule has 128 valence electrons. The van der Waals surface area contributed by atoms with Crippen molar-refractivity contribution in [3.05, 3.63) is 0 Å². The predicted molar refractivity (Wildman–Crippen MR) is 117 cm³/mol. The Morgan fingerprint density at radius 3 is 1.74 bits per heavy atom. The summed E-state index contributed by atoms with van der Waals surface area (Å²) in [5.41, 5.74) is 0. The maximum Gasteiger partial charge on any atom is 0.0235 e. The summed E-state index contributed by atoms with van der Waals surface area (Å²) in [7, 11) is 9.49. The SMILES string of the molecule is IC1CCCC2C3SSC4C5CCCCC5C5SSC(C12)C5C43. The lowest BCUT2D eigenvalue weighted by Gasteiger charge is -2.57. The fourth-order valence-electron chi connectivity index (χ4n) is 7.19. The minimum absolute atomic E-state index is 0.970. The van der Waals surface area contributed by atoms with Crippen molar-refractivity contribution in [2.75, 3.05) is 0 Å². The zero-order chi connectivity index (χ0) is 15.1. The van der Waals surface area contributed by atoms with Crippen LogP contribution in [0.2, 0.25) is 0 Å². The van der Waals surface area contributed by atoms with Crippen LogP contribution in [0.4, 0.5) is 0 Å². The van der Waals surface area contributed by atoms with Gasteiger partial charge in [0.1, 0.15) is 0 Å². The van der Waals surface area contributed by atoms with E-state index in [1.165, 1.54) is 25.7 Å². The Bertz CT molecular complexity index is 501. The number of rotatable bonds is 0. The predicted octanol–water partition coefficient (Wildman–Crippen LogP) is 6.54. The molecule has 11 unspecified atom stereocenters. The highest BCUT2D eigenvalue weighted by Crippen LogP contribution is 2.74. The van der Waals surface area contributed by atoms with Crippen molar-refractivity contribution in [2.24, 2.45) is 35.5 Å². The van der Waals surface area contributed by atoms with E-state index in [1.54, 1.807) is 19.3 Å². The van der Waals surface area contributed by atoms with Crippen molar-refractivity contribution in [2.45, 2.75) is 69.9 Å². The number of hydrogen-bond donors (Lipinski definition) is 0. The van der Waals surface area contributed by atoms with E-state index in [9.17, 15) is 0 Å². The maximum absolute atomic E-state index is 2.85. The lowest BCUT2D eigenvalue weighted by atomic mass is 9.53. The highest BCUT2D eigenvalue weighted by atomic mass is 127. The minimum Gasteiger partial charge on any atom is -0.0898 e. The number of alkyl halides is 1. The summed E-state index contributed by atoms with van der Waals surface area (Å²) in [6.45, 7) is 0. The normalized spacial score (nSPS) is 63.3. The van der Waals surface area contributed by atoms with Crippen molar-refractivity contribution in [3.8, 4) is 0 Å². The van der Waals surface area contributed by atoms with E-state index < -0.39 is 0 Å². The number of halogens is 1. The summed E-state index contributed by atoms with van der Waals surface area (Å²) in [5.74, 6) is 6.44. The van der Waals surface area contributed by atoms with Gasteiger partial charge in [-0.25, -0.2) is 0 Å². The summed E-state index contributed by atoms with van der Waals surface area (Å²) in [6, 6.07) is 0. The highest BCUT2D eigenvalue weighted by Gasteiger charge is 2.67. The van der Waals surface area contributed by atoms with Crippen LogP contribution in [0.15, 0.2) is 0 Å². The van der Waals surface area contributed by atoms with Gasteiger partial charge < -0.3 is 0 Å². The molecule has 2 aliphatic heterocycles. The van der Waals surface area contributed by atoms with Crippen molar-refractivity contribution in [1.82, 2.24) is 0 Å². The zero-order valence-electron chi connectivity index (χ0n) is 13.3. The Morgan fingerprint density at radius 2 is 1.04 bits per heavy atom. The third-order valence-corrected chi connectivity index (χ3v) is 16.5. The van der Waals surface area contributed by atoms with Gasteiger partial charge in [0.25, 0.3) is 0 Å². The molecule has 4 saturated carbocycles. The Kier molecular flexibility index (Phi) is 4.25. The largest absolute Gasteiger partial charge is 0.0898 e. The third kappa shape index (κ3) is 2.21. The van der Waals surface area contributed by atoms with Crippen LogP contribution in [0.25, 0.3) is 0 Å². The second-order valence-corrected chi connectivity index (χ2v) is 15.6. The topological polar surface area (TPSA) is 0 Å². The van der Waals surface area contributed by atoms with E-state index in [4.69, 9.17) is 0 Å². The molecule has 6 fully saturated rings. The van der Waals surface area contributed by atoms with Crippen molar-refractivity contribution in [1.29, 1.82) is 0 Å². The van der Waals surface area contributed by atoms with Gasteiger partial charge in [0, 0.05) is 24.9 Å². The molecule has 0 spiro atoms. The molecule has 4 aliphatic carbocycles. The van der Waals surface area contributed by atoms with Gasteiger partial charge in [-0.05, 0) is 61.2 Å². The summed E-state index contributed by atoms with van der Waals surface area (Å²) in [4.78, 5) is 0. The van der Waals surface area contributed by atoms with Crippen molar-refractivity contribution >= 4 is 65.8 Å². The van der Waals surface area contributed by atoms with Gasteiger partial charge in [0.15, 0.2) is 0 Å². The minimum atomic E-state index is 0.970. The van der Waals surface area contributed by atoms with Crippen molar-refractivity contribution in [3.63, 3.8) is 0 Å². The Hall–Kier alpha value is 2.13. The quantitative estimate of drug-likeness (QED) is 0.212. The van der Waals surface area contributed by atoms with E-state index in [2.05, 4.69) is 65.8 Å². The summed E-state index contributed by atoms with van der Waals surface area (Å²) in [5, 5.41) is 4.11. The van der Waals surface area contributed by atoms with E-state index in [-0.39, 0.29) is 0 Å². The van der Waals surface area contributed by atoms with Crippen LogP contribution in [0.5, 0.6) is 0 Å². The average Bonchev–Trinajstić information content (AvgIpc) is 3.19. The van der Waals surface area contributed by atoms with Gasteiger partial charge in [-0.1, -0.05) is 85.0 Å². The first-order chi connectivity index (χ1) is 11.3. The fourth-order valence-corrected chi connectivity index (χ4v) is 18.2. The van der Waals surface area contributed by atoms with Crippen LogP contribution >= 0.6 is 65.8 Å². The Balaban J connectivity index is 1.43. The molecule has 0 amide bonds. The van der Waals surface area contributed by atoms with Crippen molar-refractivity contribution < 1.29 is 0 Å². The van der Waals surface area contributed by atoms with Gasteiger partial charge in [-0.2, -0.15) is 0 Å². The molecule has 0 N–H and O–H groups in total. The third-order valence-electron chi connectivity index (χ3n) is 7.97. The molecule has 23 heavy (non-hydrogen) atoms. The highest BCUT2D eigenvalue weighted by molar-refractivity contribution is 14.1. The molecule has 6 rings (SSSR count). The first-order valence-electron chi connectivity index (χ1n) is 9.63. The Morgan fingerprint density at radius 1 is 0.522 bits per heavy atom. The van der Waals surface area contributed by atoms with E-state index in [0.29, 0.717) is 0 Å². The second kappa shape index (κ2) is 6.07. The monoisotopic (exact) mass is 496 g/mol. The van der Waals surface area contributed by atoms with Gasteiger partial charge in [0.05, 0.1) is 0 Å². The van der Waals surface area contributed by atoms with Crippen LogP contribution < -0.4 is 0 Å². The molecule has 0 aromatic rings. The van der Waals surface area contributed by atoms with Gasteiger partial charge in [0.2, 0.25) is 0 Å². The molecule has 0 aromatic carbocycles. The van der Waals surface area contributed by atoms with Crippen LogP contribution in [0, 0.1) is 35.5 Å². The molecule has 0 nitrogen and oxygen atoms in total. The standard InChI is InChI=1S/C18H25IS4/c19-11-7-3-6-10-12(11)18-14-13-15(20-22-17(10)13)8-4-1-2-5-9(8)16(14)21-23-18/h8-18H,1-7H2. The summed E-state index contributed by atoms with van der Waals surface area (Å²) in [6.07, 6.45) is 10.8. The smallest absolute Gasteiger partial charge is 0.0235 e. The fraction of sp³-hybridized carbons (Fsp3) is 1.00. The first-order valence-corrected chi connectivity index (χ1v) is 15.4. The van der Waals surface area contributed by atoms with Gasteiger partial charge in [-0.15, -0.1) is 0 Å². The van der Waals surface area contributed by atoms with Crippen LogP contribution in [-0.2, 0) is 0 Å². The molecule has 11 atom stereocenters. The number of fused-ring (bicyclic) bond motifs is 6. The first kappa shape index (κ1) is 16.1. The molecule has 0 bridgehead atoms. The average molecular weight is 497 g/mol. The van der Waals surface area contributed by atoms with Crippen LogP contribution in [-0.4, -0.2) is 24.9 Å². The summed E-state index contributed by atoms with van der Waals surface area (Å²) >= 11 is 2.85. The second-order valence-electron chi connectivity index (χ2n) is 8.70. The molecule has 2 saturated heterocycles. The molecular weight excluding hydrogens is 471 g/mol. The van der Waals surface area contributed by atoms with E-state index in [1.807, 2.05) is 0 Å². The molecule has 5 heteroatoms.